The van der Waals surface area contributed by atoms with Gasteiger partial charge < -0.3 is 19.7 Å². The Bertz CT molecular complexity index is 1570. The van der Waals surface area contributed by atoms with Gasteiger partial charge in [0.2, 0.25) is 11.8 Å². The van der Waals surface area contributed by atoms with Crippen molar-refractivity contribution >= 4 is 22.8 Å². The third-order valence-corrected chi connectivity index (χ3v) is 7.44. The van der Waals surface area contributed by atoms with Gasteiger partial charge in [-0.15, -0.1) is 0 Å². The molecule has 1 saturated heterocycles. The van der Waals surface area contributed by atoms with Crippen molar-refractivity contribution < 1.29 is 18.7 Å². The van der Waals surface area contributed by atoms with Crippen LogP contribution in [0.5, 0.6) is 11.6 Å². The Morgan fingerprint density at radius 2 is 1.91 bits per heavy atom. The van der Waals surface area contributed by atoms with Gasteiger partial charge in [-0.3, -0.25) is 4.39 Å². The van der Waals surface area contributed by atoms with E-state index in [0.29, 0.717) is 37.0 Å². The summed E-state index contributed by atoms with van der Waals surface area (Å²) in [7, 11) is 0. The first-order valence-electron chi connectivity index (χ1n) is 15.0. The summed E-state index contributed by atoms with van der Waals surface area (Å²) in [6.45, 7) is 8.51. The Hall–Kier alpha value is -4.27. The average Bonchev–Trinajstić information content (AvgIpc) is 2.98. The molecule has 0 radical (unpaired) electrons. The molecule has 0 spiro atoms. The van der Waals surface area contributed by atoms with Crippen molar-refractivity contribution in [3.63, 3.8) is 0 Å². The van der Waals surface area contributed by atoms with Crippen molar-refractivity contribution in [3.8, 4) is 22.9 Å². The number of piperidine rings is 1. The summed E-state index contributed by atoms with van der Waals surface area (Å²) in [5, 5.41) is 5.50. The van der Waals surface area contributed by atoms with E-state index in [9.17, 15) is 9.18 Å². The molecule has 8 nitrogen and oxygen atoms in total. The molecule has 2 aromatic carbocycles. The second kappa shape index (κ2) is 13.4. The number of likely N-dealkylation sites (tertiary alicyclic amines) is 1. The van der Waals surface area contributed by atoms with Gasteiger partial charge >= 0.3 is 6.09 Å². The third kappa shape index (κ3) is 7.58. The van der Waals surface area contributed by atoms with Gasteiger partial charge in [0, 0.05) is 36.9 Å². The van der Waals surface area contributed by atoms with Gasteiger partial charge in [-0.25, -0.2) is 19.7 Å². The van der Waals surface area contributed by atoms with E-state index in [2.05, 4.69) is 39.6 Å². The minimum Gasteiger partial charge on any atom is -0.444 e. The molecule has 1 atom stereocenters. The number of aryl methyl sites for hydroxylation is 2. The Labute approximate surface area is 252 Å². The van der Waals surface area contributed by atoms with E-state index in [1.807, 2.05) is 52.0 Å². The molecule has 226 valence electrons. The topological polar surface area (TPSA) is 89.5 Å². The number of alkyl halides is 1. The molecule has 0 saturated carbocycles. The lowest BCUT2D eigenvalue weighted by molar-refractivity contribution is 0.0206. The number of rotatable bonds is 9. The summed E-state index contributed by atoms with van der Waals surface area (Å²) >= 11 is 0. The predicted octanol–water partition coefficient (Wildman–Crippen LogP) is 7.90. The van der Waals surface area contributed by atoms with Crippen LogP contribution < -0.4 is 10.1 Å². The molecule has 0 aliphatic carbocycles. The largest absolute Gasteiger partial charge is 0.444 e. The molecule has 1 aliphatic heterocycles. The minimum absolute atomic E-state index is 0.00132. The number of aromatic nitrogens is 3. The normalized spacial score (nSPS) is 15.4. The molecule has 4 aromatic rings. The highest BCUT2D eigenvalue weighted by molar-refractivity contribution is 5.92. The van der Waals surface area contributed by atoms with Crippen LogP contribution in [0.15, 0.2) is 60.9 Å². The van der Waals surface area contributed by atoms with Crippen LogP contribution >= 0.6 is 0 Å². The fraction of sp³-hybridized carbons (Fsp3) is 0.412. The molecule has 0 bridgehead atoms. The second-order valence-corrected chi connectivity index (χ2v) is 12.0. The van der Waals surface area contributed by atoms with Crippen LogP contribution in [0.3, 0.4) is 0 Å². The number of amides is 1. The molecule has 1 fully saturated rings. The fourth-order valence-electron chi connectivity index (χ4n) is 5.38. The summed E-state index contributed by atoms with van der Waals surface area (Å²) < 4.78 is 24.8. The number of carbonyl (C=O) groups excluding carboxylic acids is 1. The molecular formula is C34H40FN5O3. The monoisotopic (exact) mass is 585 g/mol. The van der Waals surface area contributed by atoms with E-state index < -0.39 is 5.60 Å². The zero-order chi connectivity index (χ0) is 30.4. The molecule has 0 unspecified atom stereocenters. The maximum atomic E-state index is 12.7. The van der Waals surface area contributed by atoms with Crippen molar-refractivity contribution in [2.75, 3.05) is 25.1 Å². The SMILES string of the molecule is Cc1ccc2c(CCCCF)cccc2c1Oc1ncccc1-c1ccnc(N[C@H]2CCCN(C(=O)OC(C)(C)C)C2)n1. The molecule has 3 heterocycles. The summed E-state index contributed by atoms with van der Waals surface area (Å²) in [6.07, 6.45) is 7.03. The summed E-state index contributed by atoms with van der Waals surface area (Å²) in [6, 6.07) is 16.0. The first kappa shape index (κ1) is 30.2. The van der Waals surface area contributed by atoms with Crippen LogP contribution in [0.4, 0.5) is 15.1 Å². The number of fused-ring (bicyclic) bond motifs is 1. The van der Waals surface area contributed by atoms with Crippen molar-refractivity contribution in [1.29, 1.82) is 0 Å². The van der Waals surface area contributed by atoms with E-state index >= 15 is 0 Å². The number of pyridine rings is 1. The molecule has 1 aliphatic rings. The van der Waals surface area contributed by atoms with E-state index in [1.54, 1.807) is 17.3 Å². The maximum absolute atomic E-state index is 12.7. The molecular weight excluding hydrogens is 545 g/mol. The molecule has 43 heavy (non-hydrogen) atoms. The number of hydrogen-bond acceptors (Lipinski definition) is 7. The quantitative estimate of drug-likeness (QED) is 0.200. The lowest BCUT2D eigenvalue weighted by atomic mass is 9.98. The zero-order valence-corrected chi connectivity index (χ0v) is 25.4. The van der Waals surface area contributed by atoms with E-state index in [0.717, 1.165) is 53.3 Å². The first-order valence-corrected chi connectivity index (χ1v) is 15.0. The standard InChI is InChI=1S/C34H40FN5O3/c1-23-15-16-26-24(10-5-6-18-35)11-7-13-27(26)30(23)42-31-28(14-8-19-36-31)29-17-20-37-32(39-29)38-25-12-9-21-40(22-25)33(41)43-34(2,3)4/h7-8,11,13-17,19-20,25H,5-6,9-10,12,18,21-22H2,1-4H3,(H,37,38,39)/t25-/m0/s1. The summed E-state index contributed by atoms with van der Waals surface area (Å²) in [5.74, 6) is 1.66. The Balaban J connectivity index is 1.37. The van der Waals surface area contributed by atoms with Crippen molar-refractivity contribution in [3.05, 3.63) is 72.1 Å². The number of halogens is 1. The lowest BCUT2D eigenvalue weighted by Crippen LogP contribution is -2.47. The smallest absolute Gasteiger partial charge is 0.410 e. The van der Waals surface area contributed by atoms with Crippen LogP contribution in [0, 0.1) is 6.92 Å². The fourth-order valence-corrected chi connectivity index (χ4v) is 5.38. The lowest BCUT2D eigenvalue weighted by Gasteiger charge is -2.34. The number of carbonyl (C=O) groups is 1. The van der Waals surface area contributed by atoms with E-state index in [-0.39, 0.29) is 18.8 Å². The van der Waals surface area contributed by atoms with Gasteiger partial charge in [0.25, 0.3) is 0 Å². The number of hydrogen-bond donors (Lipinski definition) is 1. The Kier molecular flexibility index (Phi) is 9.38. The minimum atomic E-state index is -0.540. The van der Waals surface area contributed by atoms with Gasteiger partial charge in [-0.05, 0) is 94.5 Å². The van der Waals surface area contributed by atoms with E-state index in [1.165, 1.54) is 5.56 Å². The number of anilines is 1. The number of unbranched alkanes of at least 4 members (excludes halogenated alkanes) is 1. The molecule has 5 rings (SSSR count). The summed E-state index contributed by atoms with van der Waals surface area (Å²) in [4.78, 5) is 28.2. The third-order valence-electron chi connectivity index (χ3n) is 7.44. The number of benzene rings is 2. The first-order chi connectivity index (χ1) is 20.7. The van der Waals surface area contributed by atoms with Crippen LogP contribution in [0.2, 0.25) is 0 Å². The van der Waals surface area contributed by atoms with Gasteiger partial charge in [0.1, 0.15) is 11.4 Å². The Morgan fingerprint density at radius 3 is 2.72 bits per heavy atom. The van der Waals surface area contributed by atoms with Crippen LogP contribution in [0.25, 0.3) is 22.0 Å². The van der Waals surface area contributed by atoms with Gasteiger partial charge in [-0.2, -0.15) is 0 Å². The summed E-state index contributed by atoms with van der Waals surface area (Å²) in [5.41, 5.74) is 3.03. The van der Waals surface area contributed by atoms with Crippen molar-refractivity contribution in [2.24, 2.45) is 0 Å². The highest BCUT2D eigenvalue weighted by Gasteiger charge is 2.28. The van der Waals surface area contributed by atoms with Crippen molar-refractivity contribution in [2.45, 2.75) is 71.4 Å². The molecule has 2 aromatic heterocycles. The van der Waals surface area contributed by atoms with Gasteiger partial charge in [0.15, 0.2) is 0 Å². The highest BCUT2D eigenvalue weighted by atomic mass is 19.1. The number of ether oxygens (including phenoxy) is 2. The zero-order valence-electron chi connectivity index (χ0n) is 25.4. The van der Waals surface area contributed by atoms with Crippen LogP contribution in [-0.2, 0) is 11.2 Å². The van der Waals surface area contributed by atoms with Gasteiger partial charge in [-0.1, -0.05) is 30.3 Å². The van der Waals surface area contributed by atoms with E-state index in [4.69, 9.17) is 14.5 Å². The van der Waals surface area contributed by atoms with Crippen molar-refractivity contribution in [1.82, 2.24) is 19.9 Å². The van der Waals surface area contributed by atoms with Gasteiger partial charge in [0.05, 0.1) is 17.9 Å². The molecule has 1 N–H and O–H groups in total. The average molecular weight is 586 g/mol. The maximum Gasteiger partial charge on any atom is 0.410 e. The predicted molar refractivity (Wildman–Crippen MR) is 167 cm³/mol. The molecule has 9 heteroatoms. The van der Waals surface area contributed by atoms with Crippen LogP contribution in [0.1, 0.15) is 57.6 Å². The molecule has 1 amide bonds. The number of nitrogens with zero attached hydrogens (tertiary/aromatic N) is 4. The highest BCUT2D eigenvalue weighted by Crippen LogP contribution is 2.37. The number of nitrogens with one attached hydrogen (secondary N) is 1. The van der Waals surface area contributed by atoms with Crippen LogP contribution in [-0.4, -0.2) is 57.4 Å². The Morgan fingerprint density at radius 1 is 1.05 bits per heavy atom. The second-order valence-electron chi connectivity index (χ2n) is 12.0.